The fraction of sp³-hybridized carbons (Fsp3) is 0.250. The SMILES string of the molecule is O=C(O)N[C@H](CO)CC#Cc1cc(F)c(F)cc1F. The van der Waals surface area contributed by atoms with Crippen LogP contribution < -0.4 is 5.32 Å². The van der Waals surface area contributed by atoms with Crippen LogP contribution in [0.3, 0.4) is 0 Å². The maximum absolute atomic E-state index is 13.2. The van der Waals surface area contributed by atoms with Crippen molar-refractivity contribution >= 4 is 6.09 Å². The van der Waals surface area contributed by atoms with E-state index in [2.05, 4.69) is 11.8 Å². The van der Waals surface area contributed by atoms with Crippen molar-refractivity contribution in [3.8, 4) is 11.8 Å². The van der Waals surface area contributed by atoms with Gasteiger partial charge in [-0.3, -0.25) is 0 Å². The Labute approximate surface area is 106 Å². The molecule has 0 fully saturated rings. The lowest BCUT2D eigenvalue weighted by Gasteiger charge is -2.09. The highest BCUT2D eigenvalue weighted by Crippen LogP contribution is 2.12. The molecule has 1 atom stereocenters. The summed E-state index contributed by atoms with van der Waals surface area (Å²) in [6, 6.07) is 0.146. The van der Waals surface area contributed by atoms with Crippen LogP contribution in [0.5, 0.6) is 0 Å². The maximum Gasteiger partial charge on any atom is 0.404 e. The van der Waals surface area contributed by atoms with Gasteiger partial charge in [-0.15, -0.1) is 0 Å². The summed E-state index contributed by atoms with van der Waals surface area (Å²) in [5.74, 6) is 1.06. The van der Waals surface area contributed by atoms with E-state index in [1.54, 1.807) is 0 Å². The number of carboxylic acid groups (broad SMARTS) is 1. The second-order valence-electron chi connectivity index (χ2n) is 3.58. The van der Waals surface area contributed by atoms with Crippen LogP contribution in [0.1, 0.15) is 12.0 Å². The summed E-state index contributed by atoms with van der Waals surface area (Å²) in [6.45, 7) is -0.485. The van der Waals surface area contributed by atoms with E-state index < -0.39 is 36.2 Å². The molecule has 0 spiro atoms. The molecule has 4 nitrogen and oxygen atoms in total. The highest BCUT2D eigenvalue weighted by molar-refractivity contribution is 5.64. The zero-order chi connectivity index (χ0) is 14.4. The molecular formula is C12H10F3NO3. The number of halogens is 3. The van der Waals surface area contributed by atoms with Gasteiger partial charge in [-0.2, -0.15) is 0 Å². The Morgan fingerprint density at radius 2 is 1.89 bits per heavy atom. The summed E-state index contributed by atoms with van der Waals surface area (Å²) < 4.78 is 38.7. The normalized spacial score (nSPS) is 11.4. The molecule has 0 aliphatic rings. The van der Waals surface area contributed by atoms with E-state index in [0.29, 0.717) is 12.1 Å². The Bertz CT molecular complexity index is 537. The van der Waals surface area contributed by atoms with Crippen LogP contribution in [0.4, 0.5) is 18.0 Å². The molecule has 1 rings (SSSR count). The van der Waals surface area contributed by atoms with Gasteiger partial charge in [0.05, 0.1) is 18.2 Å². The van der Waals surface area contributed by atoms with Gasteiger partial charge in [0, 0.05) is 12.5 Å². The largest absolute Gasteiger partial charge is 0.465 e. The molecule has 3 N–H and O–H groups in total. The Hall–Kier alpha value is -2.20. The number of rotatable bonds is 3. The summed E-state index contributed by atoms with van der Waals surface area (Å²) in [5, 5.41) is 19.2. The predicted octanol–water partition coefficient (Wildman–Crippen LogP) is 1.47. The number of amides is 1. The van der Waals surface area contributed by atoms with Gasteiger partial charge in [-0.05, 0) is 6.07 Å². The maximum atomic E-state index is 13.2. The number of aliphatic hydroxyl groups is 1. The van der Waals surface area contributed by atoms with Gasteiger partial charge in [0.15, 0.2) is 11.6 Å². The lowest BCUT2D eigenvalue weighted by Crippen LogP contribution is -2.36. The highest BCUT2D eigenvalue weighted by atomic mass is 19.2. The van der Waals surface area contributed by atoms with Gasteiger partial charge in [-0.1, -0.05) is 11.8 Å². The standard InChI is InChI=1S/C12H10F3NO3/c13-9-5-11(15)10(14)4-7(9)2-1-3-8(6-17)16-12(18)19/h4-5,8,16-17H,3,6H2,(H,18,19)/t8-/m0/s1. The van der Waals surface area contributed by atoms with E-state index in [4.69, 9.17) is 10.2 Å². The summed E-state index contributed by atoms with van der Waals surface area (Å²) >= 11 is 0. The van der Waals surface area contributed by atoms with Gasteiger partial charge in [-0.25, -0.2) is 18.0 Å². The topological polar surface area (TPSA) is 69.6 Å². The van der Waals surface area contributed by atoms with Crippen molar-refractivity contribution in [2.24, 2.45) is 0 Å². The molecule has 0 aromatic heterocycles. The molecule has 0 radical (unpaired) electrons. The van der Waals surface area contributed by atoms with E-state index in [1.807, 2.05) is 5.32 Å². The lowest BCUT2D eigenvalue weighted by molar-refractivity contribution is 0.178. The van der Waals surface area contributed by atoms with Crippen molar-refractivity contribution in [1.82, 2.24) is 5.32 Å². The molecule has 102 valence electrons. The summed E-state index contributed by atoms with van der Waals surface area (Å²) in [5.41, 5.74) is -0.342. The van der Waals surface area contributed by atoms with E-state index in [1.165, 1.54) is 0 Å². The second kappa shape index (κ2) is 6.66. The monoisotopic (exact) mass is 273 g/mol. The third kappa shape index (κ3) is 4.52. The first kappa shape index (κ1) is 14.9. The van der Waals surface area contributed by atoms with Crippen molar-refractivity contribution in [2.45, 2.75) is 12.5 Å². The van der Waals surface area contributed by atoms with Crippen molar-refractivity contribution in [2.75, 3.05) is 6.61 Å². The summed E-state index contributed by atoms with van der Waals surface area (Å²) in [7, 11) is 0. The van der Waals surface area contributed by atoms with Crippen molar-refractivity contribution < 1.29 is 28.2 Å². The minimum absolute atomic E-state index is 0.0960. The van der Waals surface area contributed by atoms with E-state index >= 15 is 0 Å². The number of hydrogen-bond acceptors (Lipinski definition) is 2. The van der Waals surface area contributed by atoms with Gasteiger partial charge in [0.2, 0.25) is 0 Å². The quantitative estimate of drug-likeness (QED) is 0.577. The Balaban J connectivity index is 2.78. The Kier molecular flexibility index (Phi) is 5.21. The first-order valence-electron chi connectivity index (χ1n) is 5.17. The molecule has 0 bridgehead atoms. The smallest absolute Gasteiger partial charge is 0.404 e. The predicted molar refractivity (Wildman–Crippen MR) is 59.8 cm³/mol. The van der Waals surface area contributed by atoms with Crippen molar-refractivity contribution in [3.63, 3.8) is 0 Å². The molecule has 0 heterocycles. The first-order valence-corrected chi connectivity index (χ1v) is 5.17. The van der Waals surface area contributed by atoms with Crippen LogP contribution in [0.2, 0.25) is 0 Å². The zero-order valence-electron chi connectivity index (χ0n) is 9.58. The van der Waals surface area contributed by atoms with Crippen LogP contribution in [-0.2, 0) is 0 Å². The molecule has 0 aliphatic heterocycles. The minimum Gasteiger partial charge on any atom is -0.465 e. The van der Waals surface area contributed by atoms with E-state index in [-0.39, 0.29) is 12.0 Å². The number of hydrogen-bond donors (Lipinski definition) is 3. The lowest BCUT2D eigenvalue weighted by atomic mass is 10.1. The molecule has 1 aromatic rings. The summed E-state index contributed by atoms with van der Waals surface area (Å²) in [4.78, 5) is 10.3. The average molecular weight is 273 g/mol. The molecule has 1 aromatic carbocycles. The Morgan fingerprint density at radius 1 is 1.26 bits per heavy atom. The molecule has 19 heavy (non-hydrogen) atoms. The zero-order valence-corrected chi connectivity index (χ0v) is 9.58. The molecule has 0 saturated heterocycles. The van der Waals surface area contributed by atoms with Gasteiger partial charge in [0.25, 0.3) is 0 Å². The van der Waals surface area contributed by atoms with Gasteiger partial charge in [0.1, 0.15) is 5.82 Å². The van der Waals surface area contributed by atoms with E-state index in [0.717, 1.165) is 0 Å². The Morgan fingerprint density at radius 3 is 2.47 bits per heavy atom. The molecule has 0 aliphatic carbocycles. The second-order valence-corrected chi connectivity index (χ2v) is 3.58. The van der Waals surface area contributed by atoms with Crippen molar-refractivity contribution in [1.29, 1.82) is 0 Å². The van der Waals surface area contributed by atoms with Gasteiger partial charge >= 0.3 is 6.09 Å². The van der Waals surface area contributed by atoms with Crippen LogP contribution in [0, 0.1) is 29.3 Å². The average Bonchev–Trinajstić information content (AvgIpc) is 2.33. The number of nitrogens with one attached hydrogen (secondary N) is 1. The first-order chi connectivity index (χ1) is 8.93. The third-order valence-corrected chi connectivity index (χ3v) is 2.13. The van der Waals surface area contributed by atoms with Crippen LogP contribution in [0.15, 0.2) is 12.1 Å². The van der Waals surface area contributed by atoms with Crippen LogP contribution in [-0.4, -0.2) is 29.0 Å². The fourth-order valence-corrected chi connectivity index (χ4v) is 1.22. The molecule has 1 amide bonds. The van der Waals surface area contributed by atoms with Gasteiger partial charge < -0.3 is 15.5 Å². The number of benzene rings is 1. The highest BCUT2D eigenvalue weighted by Gasteiger charge is 2.09. The fourth-order valence-electron chi connectivity index (χ4n) is 1.22. The number of carbonyl (C=O) groups is 1. The summed E-state index contributed by atoms with van der Waals surface area (Å²) in [6.07, 6.45) is -1.43. The molecule has 0 unspecified atom stereocenters. The van der Waals surface area contributed by atoms with E-state index in [9.17, 15) is 18.0 Å². The molecular weight excluding hydrogens is 263 g/mol. The van der Waals surface area contributed by atoms with Crippen LogP contribution in [0.25, 0.3) is 0 Å². The van der Waals surface area contributed by atoms with Crippen molar-refractivity contribution in [3.05, 3.63) is 35.1 Å². The third-order valence-electron chi connectivity index (χ3n) is 2.13. The minimum atomic E-state index is -1.33. The number of aliphatic hydroxyl groups excluding tert-OH is 1. The molecule has 7 heteroatoms. The van der Waals surface area contributed by atoms with Crippen LogP contribution >= 0.6 is 0 Å². The molecule has 0 saturated carbocycles.